The van der Waals surface area contributed by atoms with Gasteiger partial charge in [0.25, 0.3) is 0 Å². The Morgan fingerprint density at radius 3 is 2.43 bits per heavy atom. The molecular weight excluding hydrogens is 424 g/mol. The lowest BCUT2D eigenvalue weighted by Crippen LogP contribution is -2.25. The van der Waals surface area contributed by atoms with Crippen LogP contribution in [0, 0.1) is 0 Å². The van der Waals surface area contributed by atoms with Crippen LogP contribution in [0.4, 0.5) is 0 Å². The number of aromatic nitrogens is 2. The lowest BCUT2D eigenvalue weighted by atomic mass is 10.3. The number of rotatable bonds is 9. The quantitative estimate of drug-likeness (QED) is 0.499. The molecule has 9 heteroatoms. The summed E-state index contributed by atoms with van der Waals surface area (Å²) in [5.74, 6) is 1.67. The van der Waals surface area contributed by atoms with Gasteiger partial charge in [-0.2, -0.15) is 0 Å². The van der Waals surface area contributed by atoms with Gasteiger partial charge in [0.05, 0.1) is 22.5 Å². The summed E-state index contributed by atoms with van der Waals surface area (Å²) in [6, 6.07) is 12.4. The molecule has 1 aromatic heterocycles. The van der Waals surface area contributed by atoms with Crippen LogP contribution in [-0.2, 0) is 23.1 Å². The Labute approximate surface area is 182 Å². The standard InChI is InChI=1S/C21H27ClN4O3S/c1-5-26-20-11-10-18(30(27,28)24(2)3)14-19(20)23-21(26)15-25(4)12-13-29-17-8-6-16(22)7-9-17/h6-11,14H,5,12-13,15H2,1-4H3. The molecule has 0 saturated carbocycles. The number of benzene rings is 2. The molecule has 0 fully saturated rings. The van der Waals surface area contributed by atoms with Crippen molar-refractivity contribution < 1.29 is 13.2 Å². The zero-order chi connectivity index (χ0) is 21.9. The summed E-state index contributed by atoms with van der Waals surface area (Å²) in [5.41, 5.74) is 1.61. The SMILES string of the molecule is CCn1c(CN(C)CCOc2ccc(Cl)cc2)nc2cc(S(=O)(=O)N(C)C)ccc21. The number of halogens is 1. The van der Waals surface area contributed by atoms with Gasteiger partial charge in [-0.3, -0.25) is 4.90 Å². The van der Waals surface area contributed by atoms with E-state index >= 15 is 0 Å². The minimum absolute atomic E-state index is 0.247. The molecule has 0 aliphatic carbocycles. The Bertz CT molecular complexity index is 1110. The molecule has 0 radical (unpaired) electrons. The summed E-state index contributed by atoms with van der Waals surface area (Å²) >= 11 is 5.89. The second-order valence-corrected chi connectivity index (χ2v) is 9.84. The maximum absolute atomic E-state index is 12.4. The highest BCUT2D eigenvalue weighted by molar-refractivity contribution is 7.89. The van der Waals surface area contributed by atoms with Gasteiger partial charge in [-0.15, -0.1) is 0 Å². The first-order valence-electron chi connectivity index (χ1n) is 9.71. The van der Waals surface area contributed by atoms with Crippen LogP contribution in [0.25, 0.3) is 11.0 Å². The van der Waals surface area contributed by atoms with Gasteiger partial charge in [-0.1, -0.05) is 11.6 Å². The largest absolute Gasteiger partial charge is 0.492 e. The van der Waals surface area contributed by atoms with E-state index in [1.807, 2.05) is 25.2 Å². The van der Waals surface area contributed by atoms with Crippen LogP contribution in [-0.4, -0.2) is 61.5 Å². The van der Waals surface area contributed by atoms with E-state index in [9.17, 15) is 8.42 Å². The number of ether oxygens (including phenoxy) is 1. The summed E-state index contributed by atoms with van der Waals surface area (Å²) in [6.07, 6.45) is 0. The fraction of sp³-hybridized carbons (Fsp3) is 0.381. The second-order valence-electron chi connectivity index (χ2n) is 7.25. The molecular formula is C21H27ClN4O3S. The molecule has 3 aromatic rings. The van der Waals surface area contributed by atoms with Gasteiger partial charge in [-0.05, 0) is 56.4 Å². The van der Waals surface area contributed by atoms with Crippen molar-refractivity contribution in [3.05, 3.63) is 53.3 Å². The summed E-state index contributed by atoms with van der Waals surface area (Å²) < 4.78 is 33.9. The first-order chi connectivity index (χ1) is 14.2. The zero-order valence-electron chi connectivity index (χ0n) is 17.7. The van der Waals surface area contributed by atoms with E-state index in [4.69, 9.17) is 21.3 Å². The van der Waals surface area contributed by atoms with E-state index < -0.39 is 10.0 Å². The van der Waals surface area contributed by atoms with Crippen LogP contribution in [0.5, 0.6) is 5.75 Å². The van der Waals surface area contributed by atoms with Crippen LogP contribution >= 0.6 is 11.6 Å². The smallest absolute Gasteiger partial charge is 0.242 e. The van der Waals surface area contributed by atoms with Crippen LogP contribution in [0.1, 0.15) is 12.7 Å². The number of sulfonamides is 1. The van der Waals surface area contributed by atoms with E-state index in [0.717, 1.165) is 30.2 Å². The zero-order valence-corrected chi connectivity index (χ0v) is 19.2. The summed E-state index contributed by atoms with van der Waals surface area (Å²) in [6.45, 7) is 4.69. The number of fused-ring (bicyclic) bond motifs is 1. The molecule has 0 unspecified atom stereocenters. The fourth-order valence-corrected chi connectivity index (χ4v) is 4.22. The molecule has 0 spiro atoms. The van der Waals surface area contributed by atoms with E-state index in [-0.39, 0.29) is 4.90 Å². The molecule has 0 bridgehead atoms. The summed E-state index contributed by atoms with van der Waals surface area (Å²) in [7, 11) is 1.56. The molecule has 0 aliphatic rings. The molecule has 0 N–H and O–H groups in total. The molecule has 3 rings (SSSR count). The van der Waals surface area contributed by atoms with Crippen molar-refractivity contribution in [2.75, 3.05) is 34.3 Å². The lowest BCUT2D eigenvalue weighted by Gasteiger charge is -2.17. The Morgan fingerprint density at radius 1 is 1.10 bits per heavy atom. The first kappa shape index (κ1) is 22.6. The highest BCUT2D eigenvalue weighted by atomic mass is 35.5. The van der Waals surface area contributed by atoms with Gasteiger partial charge in [0, 0.05) is 32.2 Å². The number of aryl methyl sites for hydroxylation is 1. The average molecular weight is 451 g/mol. The van der Waals surface area contributed by atoms with Gasteiger partial charge in [-0.25, -0.2) is 17.7 Å². The van der Waals surface area contributed by atoms with E-state index in [1.54, 1.807) is 24.3 Å². The highest BCUT2D eigenvalue weighted by Gasteiger charge is 2.19. The first-order valence-corrected chi connectivity index (χ1v) is 11.5. The van der Waals surface area contributed by atoms with Crippen molar-refractivity contribution >= 4 is 32.7 Å². The highest BCUT2D eigenvalue weighted by Crippen LogP contribution is 2.23. The van der Waals surface area contributed by atoms with E-state index in [2.05, 4.69) is 16.4 Å². The Hall–Kier alpha value is -2.13. The molecule has 0 saturated heterocycles. The van der Waals surface area contributed by atoms with Gasteiger partial charge < -0.3 is 9.30 Å². The van der Waals surface area contributed by atoms with E-state index in [1.165, 1.54) is 18.4 Å². The molecule has 0 amide bonds. The minimum atomic E-state index is -3.49. The molecule has 7 nitrogen and oxygen atoms in total. The third kappa shape index (κ3) is 4.95. The minimum Gasteiger partial charge on any atom is -0.492 e. The lowest BCUT2D eigenvalue weighted by molar-refractivity contribution is 0.228. The van der Waals surface area contributed by atoms with Crippen molar-refractivity contribution in [2.45, 2.75) is 24.9 Å². The number of hydrogen-bond acceptors (Lipinski definition) is 5. The summed E-state index contributed by atoms with van der Waals surface area (Å²) in [4.78, 5) is 7.09. The maximum Gasteiger partial charge on any atom is 0.242 e. The normalized spacial score (nSPS) is 12.2. The average Bonchev–Trinajstić information content (AvgIpc) is 3.05. The van der Waals surface area contributed by atoms with Crippen LogP contribution < -0.4 is 4.74 Å². The van der Waals surface area contributed by atoms with E-state index in [0.29, 0.717) is 23.7 Å². The Balaban J connectivity index is 1.72. The van der Waals surface area contributed by atoms with Crippen molar-refractivity contribution in [3.63, 3.8) is 0 Å². The molecule has 0 aliphatic heterocycles. The fourth-order valence-electron chi connectivity index (χ4n) is 3.17. The number of nitrogens with zero attached hydrogens (tertiary/aromatic N) is 4. The van der Waals surface area contributed by atoms with Gasteiger partial charge in [0.15, 0.2) is 0 Å². The van der Waals surface area contributed by atoms with Crippen molar-refractivity contribution in [1.29, 1.82) is 0 Å². The topological polar surface area (TPSA) is 67.7 Å². The van der Waals surface area contributed by atoms with Crippen LogP contribution in [0.2, 0.25) is 5.02 Å². The monoisotopic (exact) mass is 450 g/mol. The second kappa shape index (κ2) is 9.34. The molecule has 0 atom stereocenters. The van der Waals surface area contributed by atoms with Gasteiger partial charge in [0.1, 0.15) is 18.2 Å². The Kier molecular flexibility index (Phi) is 7.02. The number of hydrogen-bond donors (Lipinski definition) is 0. The maximum atomic E-state index is 12.4. The predicted molar refractivity (Wildman–Crippen MR) is 120 cm³/mol. The third-order valence-corrected chi connectivity index (χ3v) is 6.92. The Morgan fingerprint density at radius 2 is 1.80 bits per heavy atom. The number of likely N-dealkylation sites (N-methyl/N-ethyl adjacent to an activating group) is 1. The molecule has 162 valence electrons. The van der Waals surface area contributed by atoms with Crippen LogP contribution in [0.3, 0.4) is 0 Å². The third-order valence-electron chi connectivity index (χ3n) is 4.86. The van der Waals surface area contributed by atoms with Crippen molar-refractivity contribution in [2.24, 2.45) is 0 Å². The number of imidazole rings is 1. The van der Waals surface area contributed by atoms with Crippen molar-refractivity contribution in [1.82, 2.24) is 18.8 Å². The molecule has 1 heterocycles. The van der Waals surface area contributed by atoms with Gasteiger partial charge in [0.2, 0.25) is 10.0 Å². The van der Waals surface area contributed by atoms with Crippen LogP contribution in [0.15, 0.2) is 47.4 Å². The van der Waals surface area contributed by atoms with Crippen molar-refractivity contribution in [3.8, 4) is 5.75 Å². The summed E-state index contributed by atoms with van der Waals surface area (Å²) in [5, 5.41) is 0.680. The molecule has 30 heavy (non-hydrogen) atoms. The predicted octanol–water partition coefficient (Wildman–Crippen LogP) is 3.47. The van der Waals surface area contributed by atoms with Gasteiger partial charge >= 0.3 is 0 Å². The molecule has 2 aromatic carbocycles.